The second kappa shape index (κ2) is 7.27. The molecule has 0 heterocycles. The van der Waals surface area contributed by atoms with E-state index in [1.165, 1.54) is 0 Å². The fraction of sp³-hybridized carbons (Fsp3) is 1.00. The zero-order chi connectivity index (χ0) is 17.3. The molecule has 0 spiro atoms. The Morgan fingerprint density at radius 3 is 0.667 bits per heavy atom. The van der Waals surface area contributed by atoms with Gasteiger partial charge in [0.1, 0.15) is 0 Å². The van der Waals surface area contributed by atoms with Crippen molar-refractivity contribution in [2.75, 3.05) is 0 Å². The van der Waals surface area contributed by atoms with Crippen LogP contribution in [0, 0.1) is 0 Å². The van der Waals surface area contributed by atoms with Gasteiger partial charge in [-0.25, -0.2) is 0 Å². The molecule has 0 aliphatic heterocycles. The van der Waals surface area contributed by atoms with Crippen LogP contribution >= 0.6 is 0 Å². The van der Waals surface area contributed by atoms with Crippen LogP contribution in [0.15, 0.2) is 0 Å². The average molecular weight is 476 g/mol. The second-order valence-corrected chi connectivity index (χ2v) is 41.4. The molecule has 0 nitrogen and oxygen atoms in total. The van der Waals surface area contributed by atoms with Crippen molar-refractivity contribution in [3.63, 3.8) is 0 Å². The van der Waals surface area contributed by atoms with E-state index in [0.29, 0.717) is 0 Å². The van der Waals surface area contributed by atoms with Crippen LogP contribution in [0.25, 0.3) is 0 Å². The molecule has 0 aromatic heterocycles. The first-order valence-corrected chi connectivity index (χ1v) is 22.2. The van der Waals surface area contributed by atoms with Crippen LogP contribution in [-0.4, -0.2) is 56.3 Å². The zero-order valence-corrected chi connectivity index (χ0v) is 25.2. The Morgan fingerprint density at radius 2 is 0.571 bits per heavy atom. The summed E-state index contributed by atoms with van der Waals surface area (Å²) in [6.07, 6.45) is 0. The van der Waals surface area contributed by atoms with E-state index in [1.807, 2.05) is 0 Å². The molecule has 0 fully saturated rings. The summed E-state index contributed by atoms with van der Waals surface area (Å²) in [5.74, 6) is 0. The molecule has 21 heavy (non-hydrogen) atoms. The van der Waals surface area contributed by atoms with Crippen LogP contribution in [0.5, 0.6) is 0 Å². The maximum absolute atomic E-state index is 2.74. The van der Waals surface area contributed by atoms with Crippen LogP contribution in [0.2, 0.25) is 38.5 Å². The van der Waals surface area contributed by atoms with Gasteiger partial charge in [-0.05, 0) is 0 Å². The molecule has 0 aliphatic carbocycles. The van der Waals surface area contributed by atoms with Crippen molar-refractivity contribution in [2.45, 2.75) is 93.9 Å². The van der Waals surface area contributed by atoms with Crippen molar-refractivity contribution in [2.24, 2.45) is 0 Å². The molecular formula is C16H44Si4Te. The van der Waals surface area contributed by atoms with E-state index < -0.39 is 18.2 Å². The average Bonchev–Trinajstić information content (AvgIpc) is 2.37. The van der Waals surface area contributed by atoms with Crippen LogP contribution in [-0.2, 0) is 0 Å². The van der Waals surface area contributed by atoms with Gasteiger partial charge in [0.2, 0.25) is 0 Å². The molecule has 0 saturated heterocycles. The van der Waals surface area contributed by atoms with E-state index in [-0.39, 0.29) is 38.1 Å². The van der Waals surface area contributed by atoms with E-state index in [1.54, 1.807) is 0 Å². The molecule has 0 atom stereocenters. The third-order valence-corrected chi connectivity index (χ3v) is 54.0. The van der Waals surface area contributed by atoms with Gasteiger partial charge in [-0.15, -0.1) is 0 Å². The van der Waals surface area contributed by atoms with Crippen molar-refractivity contribution in [3.8, 4) is 0 Å². The molecule has 0 radical (unpaired) electrons. The number of hydrogen-bond donors (Lipinski definition) is 0. The van der Waals surface area contributed by atoms with E-state index in [9.17, 15) is 0 Å². The summed E-state index contributed by atoms with van der Waals surface area (Å²) in [5, 5.41) is 0. The van der Waals surface area contributed by atoms with Crippen LogP contribution in [0.3, 0.4) is 0 Å². The standard InChI is InChI=1S/C16H44Si4Te/c1-13(2,17-9)21(14(3,4)18-10,15(5,6)19-11)16(7,8)20-12/h17-20H2,1-12H3. The molecule has 0 amide bonds. The summed E-state index contributed by atoms with van der Waals surface area (Å²) >= 11 is -2.19. The summed E-state index contributed by atoms with van der Waals surface area (Å²) in [5.41, 5.74) is 0. The minimum absolute atomic E-state index is 0.0215. The van der Waals surface area contributed by atoms with E-state index in [4.69, 9.17) is 0 Å². The molecule has 0 N–H and O–H groups in total. The SMILES string of the molecule is C[SiH2]C(C)(C)[Te](C(C)(C)[SiH2]C)(C(C)(C)[SiH2]C)C(C)(C)[SiH2]C. The van der Waals surface area contributed by atoms with Crippen molar-refractivity contribution < 1.29 is 0 Å². The van der Waals surface area contributed by atoms with Crippen molar-refractivity contribution >= 4 is 56.3 Å². The van der Waals surface area contributed by atoms with Crippen LogP contribution in [0.4, 0.5) is 0 Å². The molecule has 0 bridgehead atoms. The topological polar surface area (TPSA) is 0 Å². The summed E-state index contributed by atoms with van der Waals surface area (Å²) in [7, 11) is 0.0860. The Hall–Kier alpha value is 1.66. The Balaban J connectivity index is 6.85. The summed E-state index contributed by atoms with van der Waals surface area (Å²) < 4.78 is 2.98. The van der Waals surface area contributed by atoms with Gasteiger partial charge in [0, 0.05) is 0 Å². The van der Waals surface area contributed by atoms with Crippen LogP contribution < -0.4 is 0 Å². The first-order chi connectivity index (χ1) is 9.24. The second-order valence-electron chi connectivity index (χ2n) is 9.07. The molecular weight excluding hydrogens is 432 g/mol. The van der Waals surface area contributed by atoms with Crippen LogP contribution in [0.1, 0.15) is 55.4 Å². The molecule has 0 unspecified atom stereocenters. The summed E-state index contributed by atoms with van der Waals surface area (Å²) in [6, 6.07) is 0. The maximum atomic E-state index is 2.74. The fourth-order valence-electron chi connectivity index (χ4n) is 5.35. The normalized spacial score (nSPS) is 21.5. The van der Waals surface area contributed by atoms with Gasteiger partial charge in [-0.3, -0.25) is 0 Å². The van der Waals surface area contributed by atoms with Gasteiger partial charge in [-0.2, -0.15) is 0 Å². The quantitative estimate of drug-likeness (QED) is 0.472. The van der Waals surface area contributed by atoms with Gasteiger partial charge in [0.15, 0.2) is 0 Å². The minimum atomic E-state index is -2.19. The summed E-state index contributed by atoms with van der Waals surface area (Å²) in [4.78, 5) is 0. The van der Waals surface area contributed by atoms with Crippen molar-refractivity contribution in [1.29, 1.82) is 0 Å². The monoisotopic (exact) mass is 478 g/mol. The van der Waals surface area contributed by atoms with Gasteiger partial charge in [-0.1, -0.05) is 0 Å². The Kier molecular flexibility index (Phi) is 7.84. The third kappa shape index (κ3) is 3.39. The van der Waals surface area contributed by atoms with E-state index >= 15 is 0 Å². The Labute approximate surface area is 149 Å². The molecule has 0 aromatic carbocycles. The van der Waals surface area contributed by atoms with Gasteiger partial charge in [0.25, 0.3) is 0 Å². The van der Waals surface area contributed by atoms with Gasteiger partial charge < -0.3 is 0 Å². The molecule has 0 saturated carbocycles. The summed E-state index contributed by atoms with van der Waals surface area (Å²) in [6.45, 7) is 32.4. The number of hydrogen-bond acceptors (Lipinski definition) is 0. The fourth-order valence-corrected chi connectivity index (χ4v) is 87.2. The molecule has 130 valence electrons. The molecule has 0 aromatic rings. The first kappa shape index (κ1) is 22.7. The van der Waals surface area contributed by atoms with E-state index in [0.717, 1.165) is 12.3 Å². The first-order valence-electron chi connectivity index (χ1n) is 9.06. The Bertz CT molecular complexity index is 279. The predicted molar refractivity (Wildman–Crippen MR) is 120 cm³/mol. The van der Waals surface area contributed by atoms with E-state index in [2.05, 4.69) is 81.6 Å². The van der Waals surface area contributed by atoms with Crippen molar-refractivity contribution in [3.05, 3.63) is 0 Å². The zero-order valence-electron chi connectivity index (χ0n) is 17.2. The molecule has 0 rings (SSSR count). The third-order valence-electron chi connectivity index (χ3n) is 6.72. The Morgan fingerprint density at radius 1 is 0.429 bits per heavy atom. The van der Waals surface area contributed by atoms with Gasteiger partial charge in [0.05, 0.1) is 0 Å². The van der Waals surface area contributed by atoms with Gasteiger partial charge >= 0.3 is 150 Å². The predicted octanol–water partition coefficient (Wildman–Crippen LogP) is 3.25. The molecule has 0 aliphatic rings. The molecule has 5 heteroatoms. The van der Waals surface area contributed by atoms with Crippen molar-refractivity contribution in [1.82, 2.24) is 0 Å². The number of rotatable bonds is 8.